The number of unbranched alkanes of at least 4 members (excludes halogenated alkanes) is 1. The summed E-state index contributed by atoms with van der Waals surface area (Å²) < 4.78 is 17.1. The van der Waals surface area contributed by atoms with Crippen molar-refractivity contribution >= 4 is 17.4 Å². The second-order valence-corrected chi connectivity index (χ2v) is 9.71. The molecule has 8 heteroatoms. The fourth-order valence-electron chi connectivity index (χ4n) is 4.84. The molecule has 2 aromatic rings. The number of hydrogen-bond donors (Lipinski definition) is 1. The minimum Gasteiger partial charge on any atom is -0.507 e. The Hall–Kier alpha value is -3.78. The van der Waals surface area contributed by atoms with Crippen molar-refractivity contribution in [1.82, 2.24) is 9.80 Å². The number of likely N-dealkylation sites (tertiary alicyclic amines) is 1. The highest BCUT2D eigenvalue weighted by Crippen LogP contribution is 2.42. The van der Waals surface area contributed by atoms with Crippen LogP contribution in [0.25, 0.3) is 5.76 Å². The summed E-state index contributed by atoms with van der Waals surface area (Å²) in [5.41, 5.74) is 1.88. The molecule has 3 rings (SSSR count). The van der Waals surface area contributed by atoms with Gasteiger partial charge >= 0.3 is 0 Å². The average Bonchev–Trinajstić information content (AvgIpc) is 3.21. The van der Waals surface area contributed by atoms with Gasteiger partial charge < -0.3 is 29.1 Å². The molecule has 1 N–H and O–H groups in total. The first-order chi connectivity index (χ1) is 19.3. The van der Waals surface area contributed by atoms with Crippen LogP contribution in [0.5, 0.6) is 17.2 Å². The van der Waals surface area contributed by atoms with Crippen LogP contribution in [-0.2, 0) is 9.59 Å². The molecular weight excluding hydrogens is 508 g/mol. The predicted molar refractivity (Wildman–Crippen MR) is 157 cm³/mol. The monoisotopic (exact) mass is 550 g/mol. The number of rotatable bonds is 15. The molecule has 1 saturated heterocycles. The molecule has 1 atom stereocenters. The predicted octanol–water partition coefficient (Wildman–Crippen LogP) is 5.51. The third kappa shape index (κ3) is 6.86. The summed E-state index contributed by atoms with van der Waals surface area (Å²) >= 11 is 0. The maximum atomic E-state index is 13.5. The summed E-state index contributed by atoms with van der Waals surface area (Å²) in [5, 5.41) is 11.6. The minimum atomic E-state index is -0.787. The van der Waals surface area contributed by atoms with Crippen molar-refractivity contribution in [3.63, 3.8) is 0 Å². The fourth-order valence-corrected chi connectivity index (χ4v) is 4.84. The van der Waals surface area contributed by atoms with Gasteiger partial charge in [0.25, 0.3) is 11.7 Å². The Morgan fingerprint density at radius 2 is 1.82 bits per heavy atom. The Labute approximate surface area is 237 Å². The van der Waals surface area contributed by atoms with Gasteiger partial charge in [0.1, 0.15) is 18.1 Å². The van der Waals surface area contributed by atoms with E-state index in [9.17, 15) is 14.7 Å². The zero-order chi connectivity index (χ0) is 29.2. The molecule has 1 heterocycles. The molecule has 0 saturated carbocycles. The highest BCUT2D eigenvalue weighted by atomic mass is 16.5. The zero-order valence-electron chi connectivity index (χ0n) is 24.4. The van der Waals surface area contributed by atoms with Crippen molar-refractivity contribution in [3.8, 4) is 17.2 Å². The van der Waals surface area contributed by atoms with Gasteiger partial charge in [0.15, 0.2) is 11.5 Å². The van der Waals surface area contributed by atoms with Crippen molar-refractivity contribution in [1.29, 1.82) is 0 Å². The second kappa shape index (κ2) is 14.6. The van der Waals surface area contributed by atoms with E-state index >= 15 is 0 Å². The van der Waals surface area contributed by atoms with E-state index in [1.165, 1.54) is 0 Å². The number of ether oxygens (including phenoxy) is 3. The molecule has 216 valence electrons. The number of ketones is 1. The Morgan fingerprint density at radius 3 is 2.45 bits per heavy atom. The Bertz CT molecular complexity index is 1230. The lowest BCUT2D eigenvalue weighted by Crippen LogP contribution is -2.38. The number of aryl methyl sites for hydroxylation is 1. The van der Waals surface area contributed by atoms with Crippen LogP contribution in [0.4, 0.5) is 0 Å². The van der Waals surface area contributed by atoms with Gasteiger partial charge in [0.2, 0.25) is 0 Å². The van der Waals surface area contributed by atoms with Crippen LogP contribution in [0.3, 0.4) is 0 Å². The molecule has 0 aliphatic carbocycles. The topological polar surface area (TPSA) is 88.5 Å². The Kier molecular flexibility index (Phi) is 11.2. The number of Topliss-reactive ketones (excluding diaryl/α,β-unsaturated/α-hetero) is 1. The molecule has 0 spiro atoms. The third-order valence-electron chi connectivity index (χ3n) is 7.17. The van der Waals surface area contributed by atoms with Crippen LogP contribution in [0.2, 0.25) is 0 Å². The van der Waals surface area contributed by atoms with Crippen LogP contribution in [0.15, 0.2) is 54.6 Å². The Balaban J connectivity index is 2.12. The molecule has 1 aliphatic heterocycles. The highest BCUT2D eigenvalue weighted by molar-refractivity contribution is 6.46. The van der Waals surface area contributed by atoms with Crippen molar-refractivity contribution in [2.45, 2.75) is 46.6 Å². The van der Waals surface area contributed by atoms with Crippen molar-refractivity contribution < 1.29 is 28.9 Å². The molecule has 1 unspecified atom stereocenters. The summed E-state index contributed by atoms with van der Waals surface area (Å²) in [5.74, 6) is 0.145. The number of carbonyl (C=O) groups is 2. The summed E-state index contributed by atoms with van der Waals surface area (Å²) in [6.07, 6.45) is 3.56. The third-order valence-corrected chi connectivity index (χ3v) is 7.17. The molecule has 40 heavy (non-hydrogen) atoms. The molecule has 1 fully saturated rings. The number of carbonyl (C=O) groups excluding carboxylic acids is 2. The number of hydrogen-bond acceptors (Lipinski definition) is 7. The van der Waals surface area contributed by atoms with Crippen molar-refractivity contribution in [3.05, 3.63) is 71.3 Å². The second-order valence-electron chi connectivity index (χ2n) is 9.71. The first-order valence-corrected chi connectivity index (χ1v) is 14.0. The van der Waals surface area contributed by atoms with Gasteiger partial charge in [-0.15, -0.1) is 0 Å². The van der Waals surface area contributed by atoms with Crippen LogP contribution in [0, 0.1) is 6.92 Å². The van der Waals surface area contributed by atoms with Crippen LogP contribution in [-0.4, -0.2) is 73.1 Å². The molecule has 1 aliphatic rings. The van der Waals surface area contributed by atoms with E-state index in [0.29, 0.717) is 60.2 Å². The molecular formula is C32H42N2O6. The lowest BCUT2D eigenvalue weighted by molar-refractivity contribution is -0.140. The molecule has 0 bridgehead atoms. The van der Waals surface area contributed by atoms with E-state index in [-0.39, 0.29) is 11.3 Å². The maximum Gasteiger partial charge on any atom is 0.295 e. The quantitative estimate of drug-likeness (QED) is 0.103. The lowest BCUT2D eigenvalue weighted by atomic mass is 9.93. The first-order valence-electron chi connectivity index (χ1n) is 14.0. The van der Waals surface area contributed by atoms with Gasteiger partial charge in [-0.2, -0.15) is 0 Å². The zero-order valence-corrected chi connectivity index (χ0v) is 24.4. The number of aliphatic hydroxyl groups is 1. The Morgan fingerprint density at radius 1 is 1.07 bits per heavy atom. The van der Waals surface area contributed by atoms with Gasteiger partial charge in [-0.25, -0.2) is 0 Å². The van der Waals surface area contributed by atoms with Gasteiger partial charge in [-0.05, 0) is 67.9 Å². The van der Waals surface area contributed by atoms with Crippen molar-refractivity contribution in [2.24, 2.45) is 0 Å². The summed E-state index contributed by atoms with van der Waals surface area (Å²) in [6.45, 7) is 15.2. The normalized spacial score (nSPS) is 16.4. The van der Waals surface area contributed by atoms with E-state index in [4.69, 9.17) is 14.2 Å². The number of amides is 1. The molecule has 1 amide bonds. The lowest BCUT2D eigenvalue weighted by Gasteiger charge is -2.28. The summed E-state index contributed by atoms with van der Waals surface area (Å²) in [7, 11) is 1.56. The van der Waals surface area contributed by atoms with Crippen LogP contribution < -0.4 is 14.2 Å². The van der Waals surface area contributed by atoms with E-state index in [1.807, 2.05) is 13.0 Å². The molecule has 8 nitrogen and oxygen atoms in total. The van der Waals surface area contributed by atoms with Gasteiger partial charge in [-0.1, -0.05) is 45.9 Å². The summed E-state index contributed by atoms with van der Waals surface area (Å²) in [6, 6.07) is 9.84. The van der Waals surface area contributed by atoms with Crippen LogP contribution >= 0.6 is 0 Å². The number of nitrogens with zero attached hydrogens (tertiary/aromatic N) is 2. The standard InChI is InChI=1S/C32H42N2O6/c1-7-11-19-40-26-15-12-23(21-27(26)38-6)29-28(31(36)32(37)34(29)17-16-33(9-3)10-4)30(35)25-14-13-24(20-22(25)5)39-18-8-2/h8,12-15,20-21,29,35H,2,7,9-11,16-19H2,1,3-6H3/b30-28+. The highest BCUT2D eigenvalue weighted by Gasteiger charge is 2.46. The van der Waals surface area contributed by atoms with E-state index in [2.05, 4.69) is 32.3 Å². The summed E-state index contributed by atoms with van der Waals surface area (Å²) in [4.78, 5) is 30.6. The molecule has 0 aromatic heterocycles. The van der Waals surface area contributed by atoms with Gasteiger partial charge in [0.05, 0.1) is 25.3 Å². The maximum absolute atomic E-state index is 13.5. The van der Waals surface area contributed by atoms with Crippen molar-refractivity contribution in [2.75, 3.05) is 46.5 Å². The fraction of sp³-hybridized carbons (Fsp3) is 0.438. The SMILES string of the molecule is C=CCOc1ccc(/C(O)=C2\C(=O)C(=O)N(CCN(CC)CC)C2c2ccc(OCCCC)c(OC)c2)c(C)c1. The number of methoxy groups -OCH3 is 1. The van der Waals surface area contributed by atoms with Crippen LogP contribution in [0.1, 0.15) is 56.3 Å². The largest absolute Gasteiger partial charge is 0.507 e. The van der Waals surface area contributed by atoms with E-state index in [1.54, 1.807) is 48.4 Å². The number of likely N-dealkylation sites (N-methyl/N-ethyl adjacent to an activating group) is 1. The van der Waals surface area contributed by atoms with E-state index < -0.39 is 17.7 Å². The van der Waals surface area contributed by atoms with Gasteiger partial charge in [0, 0.05) is 18.7 Å². The van der Waals surface area contributed by atoms with E-state index in [0.717, 1.165) is 25.9 Å². The smallest absolute Gasteiger partial charge is 0.295 e. The number of benzene rings is 2. The molecule has 2 aromatic carbocycles. The molecule has 0 radical (unpaired) electrons. The first kappa shape index (κ1) is 30.8. The van der Waals surface area contributed by atoms with Gasteiger partial charge in [-0.3, -0.25) is 9.59 Å². The average molecular weight is 551 g/mol. The minimum absolute atomic E-state index is 0.0501. The number of aliphatic hydroxyl groups excluding tert-OH is 1.